The molecule has 2 N–H and O–H groups in total. The maximum Gasteiger partial charge on any atom is 0.275 e. The highest BCUT2D eigenvalue weighted by Gasteiger charge is 2.11. The first kappa shape index (κ1) is 20.5. The Kier molecular flexibility index (Phi) is 6.05. The molecule has 154 valence electrons. The largest absolute Gasteiger partial charge is 0.508 e. The number of aromatic nitrogens is 3. The number of phenols is 1. The number of benzene rings is 2. The van der Waals surface area contributed by atoms with Gasteiger partial charge in [-0.2, -0.15) is 20.1 Å². The Morgan fingerprint density at radius 2 is 1.90 bits per heavy atom. The zero-order valence-corrected chi connectivity index (χ0v) is 16.0. The molecule has 3 rings (SSSR count). The van der Waals surface area contributed by atoms with Gasteiger partial charge in [-0.05, 0) is 30.3 Å². The van der Waals surface area contributed by atoms with Crippen molar-refractivity contribution in [3.05, 3.63) is 64.0 Å². The van der Waals surface area contributed by atoms with E-state index in [2.05, 4.69) is 30.5 Å². The molecule has 12 heteroatoms. The van der Waals surface area contributed by atoms with Crippen molar-refractivity contribution >= 4 is 29.2 Å². The topological polar surface area (TPSA) is 142 Å². The second-order valence-electron chi connectivity index (χ2n) is 6.25. The van der Waals surface area contributed by atoms with E-state index < -0.39 is 4.92 Å². The van der Waals surface area contributed by atoms with Crippen LogP contribution in [0.2, 0.25) is 0 Å². The normalized spacial score (nSPS) is 10.9. The van der Waals surface area contributed by atoms with Gasteiger partial charge < -0.3 is 15.3 Å². The summed E-state index contributed by atoms with van der Waals surface area (Å²) in [5.41, 5.74) is 0.634. The summed E-state index contributed by atoms with van der Waals surface area (Å²) in [6, 6.07) is 9.28. The number of aromatic hydroxyl groups is 1. The van der Waals surface area contributed by atoms with Crippen molar-refractivity contribution in [2.75, 3.05) is 24.3 Å². The van der Waals surface area contributed by atoms with Gasteiger partial charge in [-0.25, -0.2) is 4.39 Å². The van der Waals surface area contributed by atoms with Crippen molar-refractivity contribution in [1.29, 1.82) is 0 Å². The fourth-order valence-electron chi connectivity index (χ4n) is 2.30. The fourth-order valence-corrected chi connectivity index (χ4v) is 2.30. The third-order valence-corrected chi connectivity index (χ3v) is 3.79. The Labute approximate surface area is 170 Å². The van der Waals surface area contributed by atoms with Gasteiger partial charge in [0, 0.05) is 37.5 Å². The van der Waals surface area contributed by atoms with Gasteiger partial charge in [0.1, 0.15) is 11.6 Å². The highest BCUT2D eigenvalue weighted by molar-refractivity contribution is 5.55. The quantitative estimate of drug-likeness (QED) is 0.340. The van der Waals surface area contributed by atoms with E-state index in [0.717, 1.165) is 0 Å². The predicted molar refractivity (Wildman–Crippen MR) is 107 cm³/mol. The van der Waals surface area contributed by atoms with E-state index in [1.54, 1.807) is 19.0 Å². The Hall–Kier alpha value is -4.22. The molecular formula is C18H17FN8O3. The zero-order chi connectivity index (χ0) is 21.7. The first-order valence-corrected chi connectivity index (χ1v) is 8.61. The average Bonchev–Trinajstić information content (AvgIpc) is 2.71. The summed E-state index contributed by atoms with van der Waals surface area (Å²) in [5, 5.41) is 31.5. The molecule has 3 aromatic rings. The summed E-state index contributed by atoms with van der Waals surface area (Å²) in [7, 11) is 3.47. The van der Waals surface area contributed by atoms with Gasteiger partial charge in [0.15, 0.2) is 0 Å². The number of rotatable bonds is 7. The van der Waals surface area contributed by atoms with Crippen LogP contribution in [-0.2, 0) is 6.54 Å². The summed E-state index contributed by atoms with van der Waals surface area (Å²) >= 11 is 0. The first-order chi connectivity index (χ1) is 14.3. The van der Waals surface area contributed by atoms with Crippen molar-refractivity contribution in [2.24, 2.45) is 10.2 Å². The van der Waals surface area contributed by atoms with Gasteiger partial charge in [-0.1, -0.05) is 0 Å². The van der Waals surface area contributed by atoms with Gasteiger partial charge in [-0.15, -0.1) is 5.11 Å². The lowest BCUT2D eigenvalue weighted by Crippen LogP contribution is -2.14. The molecule has 0 radical (unpaired) electrons. The maximum absolute atomic E-state index is 13.1. The van der Waals surface area contributed by atoms with Crippen LogP contribution in [0.1, 0.15) is 5.56 Å². The van der Waals surface area contributed by atoms with Gasteiger partial charge >= 0.3 is 0 Å². The molecule has 0 aliphatic heterocycles. The second-order valence-corrected chi connectivity index (χ2v) is 6.25. The molecule has 11 nitrogen and oxygen atoms in total. The summed E-state index contributed by atoms with van der Waals surface area (Å²) in [6.07, 6.45) is 0. The van der Waals surface area contributed by atoms with Crippen LogP contribution in [0.5, 0.6) is 5.75 Å². The fraction of sp³-hybridized carbons (Fsp3) is 0.167. The summed E-state index contributed by atoms with van der Waals surface area (Å²) in [6.45, 7) is -0.114. The highest BCUT2D eigenvalue weighted by atomic mass is 19.1. The second kappa shape index (κ2) is 8.86. The van der Waals surface area contributed by atoms with E-state index in [9.17, 15) is 19.6 Å². The average molecular weight is 412 g/mol. The highest BCUT2D eigenvalue weighted by Crippen LogP contribution is 2.24. The lowest BCUT2D eigenvalue weighted by molar-refractivity contribution is -0.384. The van der Waals surface area contributed by atoms with Crippen LogP contribution in [0.3, 0.4) is 0 Å². The molecule has 0 saturated carbocycles. The number of anilines is 3. The third kappa shape index (κ3) is 5.19. The van der Waals surface area contributed by atoms with Gasteiger partial charge in [0.2, 0.25) is 11.9 Å². The molecule has 0 aliphatic rings. The van der Waals surface area contributed by atoms with Crippen molar-refractivity contribution in [3.63, 3.8) is 0 Å². The first-order valence-electron chi connectivity index (χ1n) is 8.61. The zero-order valence-electron chi connectivity index (χ0n) is 16.0. The summed E-state index contributed by atoms with van der Waals surface area (Å²) < 4.78 is 13.1. The molecule has 0 fully saturated rings. The number of azo groups is 1. The molecule has 0 bridgehead atoms. The Morgan fingerprint density at radius 1 is 1.17 bits per heavy atom. The number of nitrogens with one attached hydrogen (secondary N) is 1. The minimum atomic E-state index is -0.567. The van der Waals surface area contributed by atoms with Crippen LogP contribution in [0.15, 0.2) is 52.7 Å². The molecule has 0 spiro atoms. The number of hydrogen-bond donors (Lipinski definition) is 2. The molecule has 1 heterocycles. The molecule has 0 unspecified atom stereocenters. The Morgan fingerprint density at radius 3 is 2.57 bits per heavy atom. The smallest absolute Gasteiger partial charge is 0.275 e. The molecule has 0 aliphatic carbocycles. The van der Waals surface area contributed by atoms with Crippen LogP contribution in [-0.4, -0.2) is 39.1 Å². The van der Waals surface area contributed by atoms with Crippen molar-refractivity contribution in [2.45, 2.75) is 6.54 Å². The number of halogens is 1. The number of hydrogen-bond acceptors (Lipinski definition) is 10. The molecule has 30 heavy (non-hydrogen) atoms. The van der Waals surface area contributed by atoms with Crippen molar-refractivity contribution < 1.29 is 14.4 Å². The molecule has 2 aromatic carbocycles. The molecule has 0 atom stereocenters. The lowest BCUT2D eigenvalue weighted by atomic mass is 10.2. The van der Waals surface area contributed by atoms with Gasteiger partial charge in [0.05, 0.1) is 11.5 Å². The van der Waals surface area contributed by atoms with Crippen molar-refractivity contribution in [1.82, 2.24) is 15.0 Å². The number of non-ortho nitro benzene ring substituents is 1. The monoisotopic (exact) mass is 412 g/mol. The van der Waals surface area contributed by atoms with Gasteiger partial charge in [-0.3, -0.25) is 10.1 Å². The van der Waals surface area contributed by atoms with Crippen LogP contribution in [0.4, 0.5) is 33.6 Å². The van der Waals surface area contributed by atoms with E-state index in [0.29, 0.717) is 11.6 Å². The van der Waals surface area contributed by atoms with E-state index >= 15 is 0 Å². The van der Waals surface area contributed by atoms with E-state index in [1.807, 2.05) is 0 Å². The summed E-state index contributed by atoms with van der Waals surface area (Å²) in [4.78, 5) is 24.5. The summed E-state index contributed by atoms with van der Waals surface area (Å²) in [5.74, 6) is -0.0376. The number of nitro groups is 1. The van der Waals surface area contributed by atoms with E-state index in [1.165, 1.54) is 42.5 Å². The Bertz CT molecular complexity index is 1090. The predicted octanol–water partition coefficient (Wildman–Crippen LogP) is 3.72. The molecule has 0 saturated heterocycles. The molecular weight excluding hydrogens is 395 g/mol. The Balaban J connectivity index is 1.82. The third-order valence-electron chi connectivity index (χ3n) is 3.79. The van der Waals surface area contributed by atoms with Gasteiger partial charge in [0.25, 0.3) is 11.6 Å². The molecule has 0 amide bonds. The van der Waals surface area contributed by atoms with E-state index in [-0.39, 0.29) is 41.3 Å². The van der Waals surface area contributed by atoms with E-state index in [4.69, 9.17) is 0 Å². The lowest BCUT2D eigenvalue weighted by Gasteiger charge is -2.12. The SMILES string of the molecule is CN(C)c1nc(N=NCc2cc([N+](=O)[O-])ccc2O)nc(Nc2ccc(F)cc2)n1. The minimum Gasteiger partial charge on any atom is -0.508 e. The van der Waals surface area contributed by atoms with Crippen molar-refractivity contribution in [3.8, 4) is 5.75 Å². The molecule has 1 aromatic heterocycles. The van der Waals surface area contributed by atoms with Crippen LogP contribution >= 0.6 is 0 Å². The van der Waals surface area contributed by atoms with Crippen LogP contribution < -0.4 is 10.2 Å². The standard InChI is InChI=1S/C18H17FN8O3/c1-26(2)18-23-16(21-13-5-3-12(19)4-6-13)22-17(24-18)25-20-10-11-9-14(27(29)30)7-8-15(11)28/h3-9,28H,10H2,1-2H3,(H,21,22,23,24). The number of nitro benzene ring substituents is 1. The maximum atomic E-state index is 13.1. The van der Waals surface area contributed by atoms with Crippen LogP contribution in [0, 0.1) is 15.9 Å². The number of phenolic OH excluding ortho intramolecular Hbond substituents is 1. The van der Waals surface area contributed by atoms with Crippen LogP contribution in [0.25, 0.3) is 0 Å². The minimum absolute atomic E-state index is 0.0109. The number of nitrogens with zero attached hydrogens (tertiary/aromatic N) is 7.